The van der Waals surface area contributed by atoms with Crippen molar-refractivity contribution in [3.63, 3.8) is 0 Å². The van der Waals surface area contributed by atoms with E-state index < -0.39 is 4.92 Å². The Hall–Kier alpha value is -2.08. The van der Waals surface area contributed by atoms with E-state index in [1.54, 1.807) is 26.4 Å². The molecule has 0 radical (unpaired) electrons. The zero-order valence-corrected chi connectivity index (χ0v) is 10.7. The maximum atomic E-state index is 10.6. The van der Waals surface area contributed by atoms with E-state index in [-0.39, 0.29) is 5.69 Å². The normalized spacial score (nSPS) is 10.1. The molecular weight excluding hydrogens is 254 g/mol. The van der Waals surface area contributed by atoms with Gasteiger partial charge in [-0.15, -0.1) is 11.3 Å². The van der Waals surface area contributed by atoms with Crippen LogP contribution in [0.2, 0.25) is 0 Å². The molecule has 0 fully saturated rings. The zero-order chi connectivity index (χ0) is 13.1. The van der Waals surface area contributed by atoms with Crippen LogP contribution < -0.4 is 9.47 Å². The smallest absolute Gasteiger partial charge is 0.269 e. The number of hydrogen-bond acceptors (Lipinski definition) is 5. The Bertz CT molecular complexity index is 562. The summed E-state index contributed by atoms with van der Waals surface area (Å²) in [5.41, 5.74) is 0.937. The van der Waals surface area contributed by atoms with Crippen LogP contribution in [0.5, 0.6) is 11.5 Å². The first kappa shape index (κ1) is 12.4. The number of methoxy groups -OCH3 is 2. The summed E-state index contributed by atoms with van der Waals surface area (Å²) in [6.45, 7) is 0. The van der Waals surface area contributed by atoms with Gasteiger partial charge in [0, 0.05) is 17.5 Å². The van der Waals surface area contributed by atoms with Crippen molar-refractivity contribution in [2.24, 2.45) is 0 Å². The van der Waals surface area contributed by atoms with E-state index >= 15 is 0 Å². The molecule has 18 heavy (non-hydrogen) atoms. The second kappa shape index (κ2) is 5.05. The lowest BCUT2D eigenvalue weighted by Gasteiger charge is -2.05. The van der Waals surface area contributed by atoms with Gasteiger partial charge < -0.3 is 9.47 Å². The average Bonchev–Trinajstić information content (AvgIpc) is 2.81. The van der Waals surface area contributed by atoms with Crippen molar-refractivity contribution < 1.29 is 14.4 Å². The highest BCUT2D eigenvalue weighted by molar-refractivity contribution is 7.14. The van der Waals surface area contributed by atoms with Crippen molar-refractivity contribution in [2.75, 3.05) is 14.2 Å². The van der Waals surface area contributed by atoms with E-state index in [2.05, 4.69) is 0 Å². The van der Waals surface area contributed by atoms with Crippen molar-refractivity contribution in [1.82, 2.24) is 0 Å². The molecule has 5 nitrogen and oxygen atoms in total. The van der Waals surface area contributed by atoms with Crippen LogP contribution in [0.15, 0.2) is 29.6 Å². The van der Waals surface area contributed by atoms with Gasteiger partial charge in [-0.2, -0.15) is 0 Å². The Morgan fingerprint density at radius 1 is 1.17 bits per heavy atom. The SMILES string of the molecule is COc1csc(-c2ccc([N+](=O)[O-])cc2)c1OC. The molecule has 0 N–H and O–H groups in total. The van der Waals surface area contributed by atoms with Crippen LogP contribution in [0, 0.1) is 10.1 Å². The van der Waals surface area contributed by atoms with E-state index in [4.69, 9.17) is 9.47 Å². The van der Waals surface area contributed by atoms with Crippen molar-refractivity contribution in [3.8, 4) is 21.9 Å². The summed E-state index contributed by atoms with van der Waals surface area (Å²) in [5, 5.41) is 12.4. The van der Waals surface area contributed by atoms with Gasteiger partial charge in [0.05, 0.1) is 24.0 Å². The van der Waals surface area contributed by atoms with Crippen molar-refractivity contribution in [2.45, 2.75) is 0 Å². The maximum Gasteiger partial charge on any atom is 0.269 e. The Morgan fingerprint density at radius 2 is 1.83 bits per heavy atom. The molecule has 0 aliphatic rings. The molecule has 0 saturated carbocycles. The number of ether oxygens (including phenoxy) is 2. The standard InChI is InChI=1S/C12H11NO4S/c1-16-10-7-18-12(11(10)17-2)8-3-5-9(6-4-8)13(14)15/h3-7H,1-2H3. The molecule has 6 heteroatoms. The minimum atomic E-state index is -0.421. The van der Waals surface area contributed by atoms with Crippen molar-refractivity contribution in [3.05, 3.63) is 39.8 Å². The van der Waals surface area contributed by atoms with Gasteiger partial charge in [0.1, 0.15) is 0 Å². The largest absolute Gasteiger partial charge is 0.492 e. The zero-order valence-electron chi connectivity index (χ0n) is 9.88. The molecule has 0 atom stereocenters. The first-order valence-electron chi connectivity index (χ1n) is 5.11. The molecule has 1 aromatic carbocycles. The molecule has 94 valence electrons. The summed E-state index contributed by atoms with van der Waals surface area (Å²) in [7, 11) is 3.14. The number of benzene rings is 1. The number of nitro benzene ring substituents is 1. The van der Waals surface area contributed by atoms with Crippen LogP contribution >= 0.6 is 11.3 Å². The highest BCUT2D eigenvalue weighted by Gasteiger charge is 2.15. The van der Waals surface area contributed by atoms with Crippen molar-refractivity contribution in [1.29, 1.82) is 0 Å². The molecule has 0 aliphatic heterocycles. The second-order valence-corrected chi connectivity index (χ2v) is 4.35. The maximum absolute atomic E-state index is 10.6. The fourth-order valence-electron chi connectivity index (χ4n) is 1.60. The molecule has 2 rings (SSSR count). The van der Waals surface area contributed by atoms with Crippen LogP contribution in [0.25, 0.3) is 10.4 Å². The molecule has 2 aromatic rings. The summed E-state index contributed by atoms with van der Waals surface area (Å²) < 4.78 is 10.5. The molecule has 1 aromatic heterocycles. The van der Waals surface area contributed by atoms with Crippen LogP contribution in [0.3, 0.4) is 0 Å². The highest BCUT2D eigenvalue weighted by atomic mass is 32.1. The minimum absolute atomic E-state index is 0.0706. The molecule has 0 aliphatic carbocycles. The molecule has 0 saturated heterocycles. The highest BCUT2D eigenvalue weighted by Crippen LogP contribution is 2.43. The number of non-ortho nitro benzene ring substituents is 1. The fraction of sp³-hybridized carbons (Fsp3) is 0.167. The van der Waals surface area contributed by atoms with Gasteiger partial charge in [-0.1, -0.05) is 0 Å². The van der Waals surface area contributed by atoms with Crippen LogP contribution in [0.4, 0.5) is 5.69 Å². The second-order valence-electron chi connectivity index (χ2n) is 3.47. The summed E-state index contributed by atoms with van der Waals surface area (Å²) in [6.07, 6.45) is 0. The summed E-state index contributed by atoms with van der Waals surface area (Å²) in [6, 6.07) is 6.35. The molecule has 0 unspecified atom stereocenters. The first-order valence-corrected chi connectivity index (χ1v) is 5.99. The van der Waals surface area contributed by atoms with E-state index in [1.165, 1.54) is 23.5 Å². The Balaban J connectivity index is 2.42. The third-order valence-electron chi connectivity index (χ3n) is 2.48. The van der Waals surface area contributed by atoms with Crippen molar-refractivity contribution >= 4 is 17.0 Å². The minimum Gasteiger partial charge on any atom is -0.492 e. The molecule has 0 spiro atoms. The predicted molar refractivity (Wildman–Crippen MR) is 69.5 cm³/mol. The molecular formula is C12H11NO4S. The van der Waals surface area contributed by atoms with E-state index in [9.17, 15) is 10.1 Å². The van der Waals surface area contributed by atoms with Gasteiger partial charge in [0.25, 0.3) is 5.69 Å². The van der Waals surface area contributed by atoms with E-state index in [0.29, 0.717) is 11.5 Å². The Labute approximate surface area is 108 Å². The van der Waals surface area contributed by atoms with Gasteiger partial charge >= 0.3 is 0 Å². The van der Waals surface area contributed by atoms with Gasteiger partial charge in [-0.05, 0) is 17.7 Å². The average molecular weight is 265 g/mol. The van der Waals surface area contributed by atoms with Gasteiger partial charge in [-0.25, -0.2) is 0 Å². The van der Waals surface area contributed by atoms with E-state index in [0.717, 1.165) is 10.4 Å². The summed E-state index contributed by atoms with van der Waals surface area (Å²) >= 11 is 1.47. The van der Waals surface area contributed by atoms with E-state index in [1.807, 2.05) is 5.38 Å². The van der Waals surface area contributed by atoms with Crippen LogP contribution in [0.1, 0.15) is 0 Å². The van der Waals surface area contributed by atoms with Gasteiger partial charge in [0.2, 0.25) is 0 Å². The number of thiophene rings is 1. The van der Waals surface area contributed by atoms with Crippen LogP contribution in [-0.4, -0.2) is 19.1 Å². The molecule has 0 bridgehead atoms. The Kier molecular flexibility index (Phi) is 3.47. The lowest BCUT2D eigenvalue weighted by Crippen LogP contribution is -1.89. The topological polar surface area (TPSA) is 61.6 Å². The lowest BCUT2D eigenvalue weighted by molar-refractivity contribution is -0.384. The predicted octanol–water partition coefficient (Wildman–Crippen LogP) is 3.34. The quantitative estimate of drug-likeness (QED) is 0.628. The van der Waals surface area contributed by atoms with Gasteiger partial charge in [0.15, 0.2) is 11.5 Å². The third kappa shape index (κ3) is 2.14. The number of rotatable bonds is 4. The first-order chi connectivity index (χ1) is 8.67. The summed E-state index contributed by atoms with van der Waals surface area (Å²) in [5.74, 6) is 1.31. The Morgan fingerprint density at radius 3 is 2.33 bits per heavy atom. The monoisotopic (exact) mass is 265 g/mol. The molecule has 0 amide bonds. The van der Waals surface area contributed by atoms with Crippen LogP contribution in [-0.2, 0) is 0 Å². The number of nitrogens with zero attached hydrogens (tertiary/aromatic N) is 1. The number of hydrogen-bond donors (Lipinski definition) is 0. The lowest BCUT2D eigenvalue weighted by atomic mass is 10.1. The fourth-order valence-corrected chi connectivity index (χ4v) is 2.59. The number of nitro groups is 1. The third-order valence-corrected chi connectivity index (χ3v) is 3.47. The van der Waals surface area contributed by atoms with Gasteiger partial charge in [-0.3, -0.25) is 10.1 Å². The summed E-state index contributed by atoms with van der Waals surface area (Å²) in [4.78, 5) is 11.1. The molecule has 1 heterocycles.